The molecular weight excluding hydrogens is 462 g/mol. The first-order valence-corrected chi connectivity index (χ1v) is 10.6. The van der Waals surface area contributed by atoms with Crippen LogP contribution in [-0.2, 0) is 14.4 Å². The van der Waals surface area contributed by atoms with E-state index in [0.29, 0.717) is 11.3 Å². The standard InChI is InChI=1S/C22H23N5O8/c1-6-11-9(27(2)3)5-8(25-26-24)17(30)14(11)18(31)15-12(6)16(29)7-4-10(28)13(21(23)34)19(32)22(7,35)20(15)33/h5-7,12,16,29-32,35H,4H2,1-3H3,(H2,23,34)/t6-,7?,12?,16-,22+/m0/s1. The quantitative estimate of drug-likeness (QED) is 0.155. The Morgan fingerprint density at radius 2 is 1.91 bits per heavy atom. The molecule has 0 aromatic heterocycles. The third-order valence-electron chi connectivity index (χ3n) is 7.19. The van der Waals surface area contributed by atoms with Crippen LogP contribution in [0.5, 0.6) is 5.75 Å². The van der Waals surface area contributed by atoms with Gasteiger partial charge in [-0.15, -0.1) is 0 Å². The summed E-state index contributed by atoms with van der Waals surface area (Å²) in [5.74, 6) is -9.74. The first-order chi connectivity index (χ1) is 16.3. The van der Waals surface area contributed by atoms with Gasteiger partial charge in [-0.05, 0) is 23.1 Å². The van der Waals surface area contributed by atoms with Gasteiger partial charge < -0.3 is 36.2 Å². The van der Waals surface area contributed by atoms with Crippen molar-refractivity contribution in [3.63, 3.8) is 0 Å². The second kappa shape index (κ2) is 7.73. The number of primary amides is 1. The average molecular weight is 485 g/mol. The van der Waals surface area contributed by atoms with Crippen LogP contribution in [-0.4, -0.2) is 68.8 Å². The number of rotatable bonds is 3. The number of Topliss-reactive ketones (excluding diaryl/α,β-unsaturated/α-hetero) is 2. The summed E-state index contributed by atoms with van der Waals surface area (Å²) < 4.78 is 0. The van der Waals surface area contributed by atoms with Crippen LogP contribution in [0.15, 0.2) is 28.1 Å². The Morgan fingerprint density at radius 3 is 2.46 bits per heavy atom. The predicted octanol–water partition coefficient (Wildman–Crippen LogP) is 0.963. The zero-order valence-electron chi connectivity index (χ0n) is 18.9. The molecule has 0 bridgehead atoms. The zero-order chi connectivity index (χ0) is 26.1. The third kappa shape index (κ3) is 2.95. The van der Waals surface area contributed by atoms with E-state index >= 15 is 0 Å². The minimum Gasteiger partial charge on any atom is -0.508 e. The number of hydrogen-bond acceptors (Lipinski definition) is 10. The van der Waals surface area contributed by atoms with Gasteiger partial charge in [-0.1, -0.05) is 12.0 Å². The molecule has 0 spiro atoms. The summed E-state index contributed by atoms with van der Waals surface area (Å²) in [6.07, 6.45) is -2.29. The van der Waals surface area contributed by atoms with E-state index in [1.165, 1.54) is 6.07 Å². The number of carbonyl (C=O) groups excluding carboxylic acids is 3. The van der Waals surface area contributed by atoms with E-state index in [9.17, 15) is 39.9 Å². The van der Waals surface area contributed by atoms with E-state index in [1.54, 1.807) is 25.9 Å². The topological polar surface area (TPSA) is 230 Å². The van der Waals surface area contributed by atoms with Gasteiger partial charge >= 0.3 is 0 Å². The molecule has 3 aliphatic rings. The predicted molar refractivity (Wildman–Crippen MR) is 121 cm³/mol. The first-order valence-electron chi connectivity index (χ1n) is 10.6. The molecule has 0 radical (unpaired) electrons. The van der Waals surface area contributed by atoms with Gasteiger partial charge in [0.15, 0.2) is 11.4 Å². The van der Waals surface area contributed by atoms with E-state index in [2.05, 4.69) is 10.0 Å². The highest BCUT2D eigenvalue weighted by Gasteiger charge is 2.65. The number of aliphatic hydroxyl groups excluding tert-OH is 3. The number of amides is 1. The molecule has 2 unspecified atom stereocenters. The summed E-state index contributed by atoms with van der Waals surface area (Å²) in [7, 11) is 3.31. The van der Waals surface area contributed by atoms with E-state index < -0.39 is 81.8 Å². The van der Waals surface area contributed by atoms with Gasteiger partial charge in [0.25, 0.3) is 5.91 Å². The number of aliphatic hydroxyl groups is 4. The number of aromatic hydroxyl groups is 1. The molecule has 1 aromatic carbocycles. The number of phenols is 1. The number of benzene rings is 1. The molecule has 1 fully saturated rings. The van der Waals surface area contributed by atoms with E-state index in [1.807, 2.05) is 0 Å². The molecule has 1 aromatic rings. The van der Waals surface area contributed by atoms with Crippen LogP contribution in [0.4, 0.5) is 11.4 Å². The second-order valence-corrected chi connectivity index (χ2v) is 9.12. The van der Waals surface area contributed by atoms with Gasteiger partial charge in [0.1, 0.15) is 22.8 Å². The van der Waals surface area contributed by atoms with Crippen LogP contribution in [0, 0.1) is 11.8 Å². The molecular formula is C22H23N5O8. The fourth-order valence-corrected chi connectivity index (χ4v) is 5.60. The summed E-state index contributed by atoms with van der Waals surface area (Å²) >= 11 is 0. The number of ketones is 2. The molecule has 0 saturated heterocycles. The average Bonchev–Trinajstić information content (AvgIpc) is 2.77. The van der Waals surface area contributed by atoms with Crippen molar-refractivity contribution in [2.75, 3.05) is 19.0 Å². The fraction of sp³-hybridized carbons (Fsp3) is 0.409. The Balaban J connectivity index is 2.08. The number of hydrogen-bond donors (Lipinski definition) is 6. The largest absolute Gasteiger partial charge is 0.508 e. The van der Waals surface area contributed by atoms with Gasteiger partial charge in [0.05, 0.1) is 17.4 Å². The maximum Gasteiger partial charge on any atom is 0.255 e. The number of carbonyl (C=O) groups is 3. The molecule has 13 nitrogen and oxygen atoms in total. The maximum absolute atomic E-state index is 13.6. The van der Waals surface area contributed by atoms with Crippen molar-refractivity contribution in [1.29, 1.82) is 0 Å². The van der Waals surface area contributed by atoms with Crippen molar-refractivity contribution in [1.82, 2.24) is 0 Å². The fourth-order valence-electron chi connectivity index (χ4n) is 5.60. The lowest BCUT2D eigenvalue weighted by Crippen LogP contribution is -2.64. The van der Waals surface area contributed by atoms with Crippen molar-refractivity contribution in [2.45, 2.75) is 31.0 Å². The number of nitrogens with zero attached hydrogens (tertiary/aromatic N) is 4. The molecule has 5 atom stereocenters. The minimum absolute atomic E-state index is 0.241. The van der Waals surface area contributed by atoms with Gasteiger partial charge in [-0.2, -0.15) is 0 Å². The van der Waals surface area contributed by atoms with Gasteiger partial charge in [0, 0.05) is 48.5 Å². The van der Waals surface area contributed by atoms with E-state index in [4.69, 9.17) is 11.3 Å². The summed E-state index contributed by atoms with van der Waals surface area (Å²) in [6.45, 7) is 1.62. The molecule has 7 N–H and O–H groups in total. The lowest BCUT2D eigenvalue weighted by molar-refractivity contribution is -0.160. The Kier molecular flexibility index (Phi) is 5.32. The lowest BCUT2D eigenvalue weighted by atomic mass is 9.55. The van der Waals surface area contributed by atoms with Gasteiger partial charge in [0.2, 0.25) is 5.78 Å². The van der Waals surface area contributed by atoms with Crippen LogP contribution in [0.2, 0.25) is 0 Å². The number of anilines is 1. The molecule has 3 aliphatic carbocycles. The third-order valence-corrected chi connectivity index (χ3v) is 7.19. The SMILES string of the molecule is C[C@H]1c2c(N(C)C)cc(N=[N+]=[N-])c(O)c2C(O)=C2C(=O)[C@]3(O)C(O)=C(C(N)=O)C(=O)CC3[C@H](O)C21. The van der Waals surface area contributed by atoms with Gasteiger partial charge in [-0.3, -0.25) is 14.4 Å². The number of nitrogens with two attached hydrogens (primary N) is 1. The molecule has 1 saturated carbocycles. The van der Waals surface area contributed by atoms with Crippen molar-refractivity contribution in [2.24, 2.45) is 22.7 Å². The monoisotopic (exact) mass is 485 g/mol. The Bertz CT molecular complexity index is 1330. The molecule has 4 rings (SSSR count). The number of fused-ring (bicyclic) bond motifs is 3. The van der Waals surface area contributed by atoms with Crippen molar-refractivity contribution in [3.05, 3.63) is 44.5 Å². The van der Waals surface area contributed by atoms with Crippen molar-refractivity contribution >= 4 is 34.6 Å². The zero-order valence-corrected chi connectivity index (χ0v) is 18.9. The summed E-state index contributed by atoms with van der Waals surface area (Å²) in [4.78, 5) is 42.2. The Labute approximate surface area is 198 Å². The van der Waals surface area contributed by atoms with E-state index in [-0.39, 0.29) is 11.3 Å². The smallest absolute Gasteiger partial charge is 0.255 e. The lowest BCUT2D eigenvalue weighted by Gasteiger charge is -2.50. The minimum atomic E-state index is -2.92. The molecule has 184 valence electrons. The van der Waals surface area contributed by atoms with Crippen LogP contribution in [0.25, 0.3) is 16.2 Å². The van der Waals surface area contributed by atoms with Crippen LogP contribution in [0.1, 0.15) is 30.4 Å². The Hall–Kier alpha value is -4.06. The van der Waals surface area contributed by atoms with Gasteiger partial charge in [-0.25, -0.2) is 0 Å². The van der Waals surface area contributed by atoms with Crippen LogP contribution in [0.3, 0.4) is 0 Å². The molecule has 35 heavy (non-hydrogen) atoms. The molecule has 0 heterocycles. The van der Waals surface area contributed by atoms with Crippen molar-refractivity contribution in [3.8, 4) is 5.75 Å². The summed E-state index contributed by atoms with van der Waals surface area (Å²) in [5, 5.41) is 58.7. The highest BCUT2D eigenvalue weighted by Crippen LogP contribution is 2.58. The van der Waals surface area contributed by atoms with Crippen LogP contribution < -0.4 is 10.6 Å². The summed E-state index contributed by atoms with van der Waals surface area (Å²) in [5.41, 5.74) is 9.90. The molecule has 0 aliphatic heterocycles. The highest BCUT2D eigenvalue weighted by atomic mass is 16.4. The second-order valence-electron chi connectivity index (χ2n) is 9.12. The first kappa shape index (κ1) is 24.1. The molecule has 1 amide bonds. The summed E-state index contributed by atoms with van der Waals surface area (Å²) in [6, 6.07) is 1.38. The number of azide groups is 1. The van der Waals surface area contributed by atoms with Crippen molar-refractivity contribution < 1.29 is 39.9 Å². The van der Waals surface area contributed by atoms with Crippen LogP contribution >= 0.6 is 0 Å². The van der Waals surface area contributed by atoms with E-state index in [0.717, 1.165) is 0 Å². The maximum atomic E-state index is 13.6. The highest BCUT2D eigenvalue weighted by molar-refractivity contribution is 6.23. The normalized spacial score (nSPS) is 29.7. The number of phenolic OH excluding ortho intramolecular Hbond substituents is 1. The Morgan fingerprint density at radius 1 is 1.29 bits per heavy atom. The molecule has 13 heteroatoms.